The number of Topliss-reactive ketones (excluding diaryl/α,β-unsaturated/α-hetero) is 3. The Kier molecular flexibility index (Phi) is 11.6. The van der Waals surface area contributed by atoms with Gasteiger partial charge in [-0.2, -0.15) is 5.26 Å². The van der Waals surface area contributed by atoms with Crippen molar-refractivity contribution in [3.8, 4) is 23.3 Å². The van der Waals surface area contributed by atoms with Gasteiger partial charge < -0.3 is 29.0 Å². The molecule has 0 unspecified atom stereocenters. The summed E-state index contributed by atoms with van der Waals surface area (Å²) >= 11 is 0. The molecule has 16 heteroatoms. The molecular weight excluding hydrogens is 740 g/mol. The Morgan fingerprint density at radius 2 is 1.49 bits per heavy atom. The zero-order valence-corrected chi connectivity index (χ0v) is 34.5. The van der Waals surface area contributed by atoms with Gasteiger partial charge in [0.2, 0.25) is 11.6 Å². The number of piperazine rings is 1. The van der Waals surface area contributed by atoms with Crippen LogP contribution in [0.1, 0.15) is 84.5 Å². The number of carbonyl (C=O) groups excluding carboxylic acids is 7. The molecule has 16 nitrogen and oxygen atoms in total. The maximum Gasteiger partial charge on any atom is 0.349 e. The van der Waals surface area contributed by atoms with Gasteiger partial charge in [0.25, 0.3) is 5.91 Å². The molecule has 2 bridgehead atoms. The fourth-order valence-electron chi connectivity index (χ4n) is 8.10. The maximum absolute atomic E-state index is 14.2. The van der Waals surface area contributed by atoms with E-state index < -0.39 is 88.8 Å². The predicted molar refractivity (Wildman–Crippen MR) is 201 cm³/mol. The largest absolute Gasteiger partial charge is 0.492 e. The lowest BCUT2D eigenvalue weighted by Crippen LogP contribution is -2.71. The van der Waals surface area contributed by atoms with Gasteiger partial charge in [-0.1, -0.05) is 0 Å². The van der Waals surface area contributed by atoms with Crippen molar-refractivity contribution in [2.24, 2.45) is 10.8 Å². The summed E-state index contributed by atoms with van der Waals surface area (Å²) in [5.74, 6) is -4.89. The zero-order chi connectivity index (χ0) is 42.6. The van der Waals surface area contributed by atoms with Crippen molar-refractivity contribution < 1.29 is 57.2 Å². The van der Waals surface area contributed by atoms with Gasteiger partial charge in [0.15, 0.2) is 29.6 Å². The lowest BCUT2D eigenvalue weighted by atomic mass is 9.69. The number of likely N-dealkylation sites (N-methyl/N-ethyl adjacent to an activating group) is 1. The summed E-state index contributed by atoms with van der Waals surface area (Å²) in [5.41, 5.74) is -0.442. The summed E-state index contributed by atoms with van der Waals surface area (Å²) in [7, 11) is 4.41. The van der Waals surface area contributed by atoms with Crippen LogP contribution in [-0.4, -0.2) is 110 Å². The molecule has 1 aromatic rings. The number of rotatable bonds is 9. The van der Waals surface area contributed by atoms with E-state index in [1.807, 2.05) is 4.90 Å². The van der Waals surface area contributed by atoms with Gasteiger partial charge in [-0.3, -0.25) is 38.6 Å². The number of ketones is 3. The minimum atomic E-state index is -1.09. The number of amides is 1. The highest BCUT2D eigenvalue weighted by Crippen LogP contribution is 2.57. The van der Waals surface area contributed by atoms with Crippen LogP contribution in [0, 0.1) is 29.1 Å². The Morgan fingerprint density at radius 1 is 0.860 bits per heavy atom. The van der Waals surface area contributed by atoms with Crippen LogP contribution in [0.2, 0.25) is 0 Å². The van der Waals surface area contributed by atoms with Gasteiger partial charge in [0.1, 0.15) is 11.8 Å². The SMILES string of the molecule is COC1=C(C)C(=O)C2=C(C1=O)[C@H](CNC(=O)C(C)=O)N1[C@@H](C#N)[C@H]3Cc4c(OC(=O)C(C)(C)C)c(C)c(OC)c(OC(=O)COC(=O)C(C)(C)C)c4[C@@H]([C@@H]1C2)N3C. The second-order valence-electron chi connectivity index (χ2n) is 16.8. The third kappa shape index (κ3) is 7.46. The number of ether oxygens (including phenoxy) is 5. The molecule has 3 aliphatic heterocycles. The number of methoxy groups -OCH3 is 2. The first-order valence-electron chi connectivity index (χ1n) is 18.6. The Labute approximate surface area is 331 Å². The molecule has 0 aromatic heterocycles. The number of nitrogens with one attached hydrogen (secondary N) is 1. The molecule has 4 aliphatic rings. The van der Waals surface area contributed by atoms with Gasteiger partial charge in [0.05, 0.1) is 43.2 Å². The fourth-order valence-corrected chi connectivity index (χ4v) is 8.10. The van der Waals surface area contributed by atoms with E-state index in [-0.39, 0.29) is 59.1 Å². The minimum absolute atomic E-state index is 0.0410. The predicted octanol–water partition coefficient (Wildman–Crippen LogP) is 2.77. The van der Waals surface area contributed by atoms with Crippen molar-refractivity contribution >= 4 is 41.2 Å². The standard InChI is InChI=1S/C41H50N4O12/c1-18-31(48)21-13-24-30-29-22(14-23(44(30)10)25(15-42)45(24)26(16-43-37(50)20(3)46)28(21)32(49)34(18)53-11)33(57-39(52)41(7,8)9)19(2)35(54-12)36(29)56-27(47)17-55-38(51)40(4,5)6/h23-26,30H,13-14,16-17H2,1-12H3,(H,43,50)/t23-,24+,25+,26+,30-/m1/s1. The molecule has 306 valence electrons. The molecule has 1 saturated heterocycles. The first-order valence-corrected chi connectivity index (χ1v) is 18.6. The first kappa shape index (κ1) is 42.7. The van der Waals surface area contributed by atoms with E-state index in [4.69, 9.17) is 23.7 Å². The molecule has 3 heterocycles. The van der Waals surface area contributed by atoms with E-state index in [1.165, 1.54) is 21.1 Å². The van der Waals surface area contributed by atoms with Gasteiger partial charge in [0, 0.05) is 59.0 Å². The van der Waals surface area contributed by atoms with E-state index in [0.717, 1.165) is 6.92 Å². The quantitative estimate of drug-likeness (QED) is 0.165. The monoisotopic (exact) mass is 790 g/mol. The Balaban J connectivity index is 1.78. The summed E-state index contributed by atoms with van der Waals surface area (Å²) in [5, 5.41) is 13.5. The molecular formula is C41H50N4O12. The number of esters is 3. The number of hydrogen-bond donors (Lipinski definition) is 1. The lowest BCUT2D eigenvalue weighted by molar-refractivity contribution is -0.160. The lowest BCUT2D eigenvalue weighted by Gasteiger charge is -2.60. The van der Waals surface area contributed by atoms with E-state index in [1.54, 1.807) is 60.4 Å². The number of nitriles is 1. The highest BCUT2D eigenvalue weighted by atomic mass is 16.6. The highest BCUT2D eigenvalue weighted by molar-refractivity contribution is 6.35. The van der Waals surface area contributed by atoms with E-state index >= 15 is 0 Å². The van der Waals surface area contributed by atoms with Gasteiger partial charge in [-0.25, -0.2) is 4.79 Å². The number of benzene rings is 1. The van der Waals surface area contributed by atoms with Crippen LogP contribution in [0.4, 0.5) is 0 Å². The van der Waals surface area contributed by atoms with Crippen LogP contribution in [0.15, 0.2) is 22.5 Å². The Morgan fingerprint density at radius 3 is 2.04 bits per heavy atom. The zero-order valence-electron chi connectivity index (χ0n) is 34.5. The van der Waals surface area contributed by atoms with Crippen LogP contribution < -0.4 is 19.5 Å². The minimum Gasteiger partial charge on any atom is -0.492 e. The fraction of sp³-hybridized carbons (Fsp3) is 0.561. The average Bonchev–Trinajstić information content (AvgIpc) is 3.12. The third-order valence-electron chi connectivity index (χ3n) is 10.9. The first-order chi connectivity index (χ1) is 26.5. The molecule has 0 radical (unpaired) electrons. The van der Waals surface area contributed by atoms with Crippen LogP contribution >= 0.6 is 0 Å². The van der Waals surface area contributed by atoms with Gasteiger partial charge in [-0.05, 0) is 75.3 Å². The number of fused-ring (bicyclic) bond motifs is 6. The molecule has 57 heavy (non-hydrogen) atoms. The molecule has 0 spiro atoms. The maximum atomic E-state index is 14.2. The van der Waals surface area contributed by atoms with Crippen molar-refractivity contribution in [3.63, 3.8) is 0 Å². The number of allylic oxidation sites excluding steroid dienone is 2. The summed E-state index contributed by atoms with van der Waals surface area (Å²) in [6, 6.07) is -1.99. The smallest absolute Gasteiger partial charge is 0.349 e. The van der Waals surface area contributed by atoms with E-state index in [0.29, 0.717) is 16.7 Å². The summed E-state index contributed by atoms with van der Waals surface area (Å²) in [6.45, 7) is 13.2. The van der Waals surface area contributed by atoms with E-state index in [2.05, 4.69) is 11.4 Å². The topological polar surface area (TPSA) is 208 Å². The highest BCUT2D eigenvalue weighted by Gasteiger charge is 2.59. The number of carbonyl (C=O) groups is 7. The third-order valence-corrected chi connectivity index (χ3v) is 10.9. The van der Waals surface area contributed by atoms with Crippen LogP contribution in [0.3, 0.4) is 0 Å². The van der Waals surface area contributed by atoms with Crippen LogP contribution in [0.25, 0.3) is 0 Å². The molecule has 5 rings (SSSR count). The normalized spacial score (nSPS) is 23.4. The number of nitrogens with zero attached hydrogens (tertiary/aromatic N) is 3. The van der Waals surface area contributed by atoms with Crippen molar-refractivity contribution in [2.45, 2.75) is 105 Å². The molecule has 1 N–H and O–H groups in total. The van der Waals surface area contributed by atoms with Crippen LogP contribution in [0.5, 0.6) is 17.2 Å². The molecule has 1 aromatic carbocycles. The second-order valence-corrected chi connectivity index (χ2v) is 16.8. The Bertz CT molecular complexity index is 2080. The molecule has 1 aliphatic carbocycles. The molecule has 0 saturated carbocycles. The summed E-state index contributed by atoms with van der Waals surface area (Å²) in [4.78, 5) is 96.5. The van der Waals surface area contributed by atoms with Gasteiger partial charge in [-0.15, -0.1) is 0 Å². The van der Waals surface area contributed by atoms with Crippen LogP contribution in [-0.2, 0) is 49.5 Å². The van der Waals surface area contributed by atoms with Crippen molar-refractivity contribution in [1.29, 1.82) is 5.26 Å². The summed E-state index contributed by atoms with van der Waals surface area (Å²) < 4.78 is 28.8. The van der Waals surface area contributed by atoms with Crippen molar-refractivity contribution in [3.05, 3.63) is 39.2 Å². The Hall–Kier alpha value is -5.40. The van der Waals surface area contributed by atoms with Crippen molar-refractivity contribution in [2.75, 3.05) is 34.4 Å². The van der Waals surface area contributed by atoms with Crippen molar-refractivity contribution in [1.82, 2.24) is 15.1 Å². The molecule has 5 atom stereocenters. The molecule has 1 fully saturated rings. The second kappa shape index (κ2) is 15.5. The van der Waals surface area contributed by atoms with E-state index in [9.17, 15) is 38.8 Å². The average molecular weight is 791 g/mol. The molecule has 1 amide bonds. The van der Waals surface area contributed by atoms with Gasteiger partial charge >= 0.3 is 17.9 Å². The summed E-state index contributed by atoms with van der Waals surface area (Å²) in [6.07, 6.45) is -0.00675. The number of hydrogen-bond acceptors (Lipinski definition) is 15.